The number of carbonyl (C=O) groups is 1. The van der Waals surface area contributed by atoms with Crippen molar-refractivity contribution in [1.82, 2.24) is 10.1 Å². The Morgan fingerprint density at radius 3 is 2.79 bits per heavy atom. The van der Waals surface area contributed by atoms with Crippen LogP contribution < -0.4 is 15.1 Å². The van der Waals surface area contributed by atoms with Gasteiger partial charge >= 0.3 is 17.4 Å². The molecule has 0 radical (unpaired) electrons. The predicted octanol–water partition coefficient (Wildman–Crippen LogP) is 3.90. The lowest BCUT2D eigenvalue weighted by molar-refractivity contribution is -0.762. The zero-order valence-corrected chi connectivity index (χ0v) is 18.3. The molecule has 29 heavy (non-hydrogen) atoms. The van der Waals surface area contributed by atoms with Gasteiger partial charge in [-0.3, -0.25) is 14.6 Å². The lowest BCUT2D eigenvalue weighted by Gasteiger charge is -2.31. The molecule has 3 heterocycles. The highest BCUT2D eigenvalue weighted by Crippen LogP contribution is 2.39. The monoisotopic (exact) mass is 427 g/mol. The molecule has 1 aromatic carbocycles. The molecule has 1 N–H and O–H groups in total. The molecular weight excluding hydrogens is 404 g/mol. The topological polar surface area (TPSA) is 69.9 Å². The van der Waals surface area contributed by atoms with E-state index in [0.717, 1.165) is 33.9 Å². The van der Waals surface area contributed by atoms with Crippen LogP contribution >= 0.6 is 23.1 Å². The summed E-state index contributed by atoms with van der Waals surface area (Å²) in [5.74, 6) is 0.859. The Morgan fingerprint density at radius 1 is 1.31 bits per heavy atom. The highest BCUT2D eigenvalue weighted by Gasteiger charge is 2.46. The molecule has 8 heteroatoms. The first-order valence-corrected chi connectivity index (χ1v) is 11.6. The van der Waals surface area contributed by atoms with Crippen LogP contribution in [0.5, 0.6) is 0 Å². The largest absolute Gasteiger partial charge is 0.325 e. The van der Waals surface area contributed by atoms with Gasteiger partial charge in [-0.15, -0.1) is 11.3 Å². The van der Waals surface area contributed by atoms with Gasteiger partial charge < -0.3 is 0 Å². The summed E-state index contributed by atoms with van der Waals surface area (Å²) < 4.78 is 1.74. The van der Waals surface area contributed by atoms with Crippen molar-refractivity contribution in [2.75, 3.05) is 10.7 Å². The molecule has 1 aliphatic rings. The van der Waals surface area contributed by atoms with Crippen LogP contribution in [-0.4, -0.2) is 21.7 Å². The summed E-state index contributed by atoms with van der Waals surface area (Å²) in [5, 5.41) is 7.38. The summed E-state index contributed by atoms with van der Waals surface area (Å²) in [6.07, 6.45) is 0.870. The van der Waals surface area contributed by atoms with Crippen molar-refractivity contribution in [3.05, 3.63) is 56.5 Å². The standard InChI is InChI=1S/C21H22N4O2S2/c1-4-11-29-21-22-19(27)17-14-8-6-7-9-15(14)24(16(26)5-2)20(25(17)23-21)18-13(3)10-12-28-18/h6-10,12,20H,4-5,11H2,1-3H3/p+1/t20-/m1/s1. The van der Waals surface area contributed by atoms with Crippen molar-refractivity contribution >= 4 is 34.7 Å². The molecule has 0 unspecified atom stereocenters. The molecule has 0 saturated heterocycles. The quantitative estimate of drug-likeness (QED) is 0.495. The van der Waals surface area contributed by atoms with E-state index >= 15 is 0 Å². The lowest BCUT2D eigenvalue weighted by atomic mass is 10.0. The molecule has 2 aromatic heterocycles. The number of benzene rings is 1. The highest BCUT2D eigenvalue weighted by atomic mass is 32.2. The minimum Gasteiger partial charge on any atom is -0.291 e. The predicted molar refractivity (Wildman–Crippen MR) is 116 cm³/mol. The minimum absolute atomic E-state index is 0.00163. The molecule has 3 aromatic rings. The number of thiophene rings is 1. The van der Waals surface area contributed by atoms with E-state index in [2.05, 4.69) is 11.9 Å². The van der Waals surface area contributed by atoms with E-state index in [1.54, 1.807) is 20.9 Å². The van der Waals surface area contributed by atoms with Gasteiger partial charge in [0.25, 0.3) is 0 Å². The van der Waals surface area contributed by atoms with E-state index in [-0.39, 0.29) is 11.5 Å². The average Bonchev–Trinajstić information content (AvgIpc) is 3.15. The number of carbonyl (C=O) groups excluding carboxylic acids is 1. The molecule has 1 atom stereocenters. The van der Waals surface area contributed by atoms with Crippen LogP contribution in [0.15, 0.2) is 45.7 Å². The van der Waals surface area contributed by atoms with E-state index in [0.29, 0.717) is 17.3 Å². The lowest BCUT2D eigenvalue weighted by Crippen LogP contribution is -2.60. The molecule has 0 bridgehead atoms. The number of para-hydroxylation sites is 1. The summed E-state index contributed by atoms with van der Waals surface area (Å²) in [4.78, 5) is 32.0. The number of aryl methyl sites for hydroxylation is 1. The maximum Gasteiger partial charge on any atom is 0.325 e. The number of rotatable bonds is 5. The molecule has 6 nitrogen and oxygen atoms in total. The third-order valence-electron chi connectivity index (χ3n) is 4.91. The third kappa shape index (κ3) is 3.40. The Kier molecular flexibility index (Phi) is 5.56. The Labute approximate surface area is 177 Å². The van der Waals surface area contributed by atoms with Crippen LogP contribution in [0.3, 0.4) is 0 Å². The Bertz CT molecular complexity index is 1120. The van der Waals surface area contributed by atoms with Crippen LogP contribution in [0.1, 0.15) is 43.3 Å². The summed E-state index contributed by atoms with van der Waals surface area (Å²) in [5.41, 5.74) is 2.85. The van der Waals surface area contributed by atoms with Gasteiger partial charge in [0, 0.05) is 17.3 Å². The number of aromatic nitrogens is 3. The molecular formula is C21H23N4O2S2+. The molecule has 0 saturated carbocycles. The molecule has 4 rings (SSSR count). The van der Waals surface area contributed by atoms with Crippen LogP contribution in [-0.2, 0) is 4.79 Å². The summed E-state index contributed by atoms with van der Waals surface area (Å²) >= 11 is 3.10. The molecule has 0 spiro atoms. The van der Waals surface area contributed by atoms with Gasteiger partial charge in [-0.1, -0.05) is 37.7 Å². The van der Waals surface area contributed by atoms with Crippen molar-refractivity contribution in [2.45, 2.75) is 44.9 Å². The van der Waals surface area contributed by atoms with Gasteiger partial charge in [-0.2, -0.15) is 0 Å². The van der Waals surface area contributed by atoms with Gasteiger partial charge in [0.1, 0.15) is 4.88 Å². The van der Waals surface area contributed by atoms with Gasteiger partial charge in [-0.25, -0.2) is 4.90 Å². The van der Waals surface area contributed by atoms with E-state index < -0.39 is 6.17 Å². The first-order valence-electron chi connectivity index (χ1n) is 9.71. The molecule has 0 aliphatic carbocycles. The Morgan fingerprint density at radius 2 is 2.10 bits per heavy atom. The number of hydrogen-bond acceptors (Lipinski definition) is 5. The summed E-state index contributed by atoms with van der Waals surface area (Å²) in [6, 6.07) is 9.60. The van der Waals surface area contributed by atoms with E-state index in [1.165, 1.54) is 11.8 Å². The third-order valence-corrected chi connectivity index (χ3v) is 7.04. The normalized spacial score (nSPS) is 15.1. The number of H-pyrrole nitrogens is 1. The van der Waals surface area contributed by atoms with Gasteiger partial charge in [0.05, 0.1) is 11.3 Å². The molecule has 150 valence electrons. The number of nitrogens with one attached hydrogen (secondary N) is 1. The summed E-state index contributed by atoms with van der Waals surface area (Å²) in [7, 11) is 0. The number of aromatic amines is 1. The number of amides is 1. The van der Waals surface area contributed by atoms with E-state index in [1.807, 2.05) is 49.6 Å². The smallest absolute Gasteiger partial charge is 0.291 e. The number of anilines is 1. The van der Waals surface area contributed by atoms with Gasteiger partial charge in [0.15, 0.2) is 0 Å². The number of fused-ring (bicyclic) bond motifs is 3. The minimum atomic E-state index is -0.476. The van der Waals surface area contributed by atoms with Crippen LogP contribution in [0.2, 0.25) is 0 Å². The number of nitrogens with zero attached hydrogens (tertiary/aromatic N) is 3. The highest BCUT2D eigenvalue weighted by molar-refractivity contribution is 7.99. The Hall–Kier alpha value is -2.45. The van der Waals surface area contributed by atoms with Crippen LogP contribution in [0.4, 0.5) is 5.69 Å². The first kappa shape index (κ1) is 19.8. The van der Waals surface area contributed by atoms with E-state index in [9.17, 15) is 9.59 Å². The molecule has 1 aliphatic heterocycles. The second kappa shape index (κ2) is 8.12. The fourth-order valence-corrected chi connectivity index (χ4v) is 5.27. The van der Waals surface area contributed by atoms with Crippen molar-refractivity contribution in [3.8, 4) is 11.3 Å². The SMILES string of the molecule is CCCSc1n[n+]2c(c(=O)[nH]1)-c1ccccc1N(C(=O)CC)[C@H]2c1sccc1C. The molecule has 0 fully saturated rings. The first-order chi connectivity index (χ1) is 14.1. The van der Waals surface area contributed by atoms with Crippen molar-refractivity contribution in [2.24, 2.45) is 0 Å². The van der Waals surface area contributed by atoms with Crippen LogP contribution in [0.25, 0.3) is 11.3 Å². The second-order valence-corrected chi connectivity index (χ2v) is 8.91. The van der Waals surface area contributed by atoms with Gasteiger partial charge in [-0.05, 0) is 47.2 Å². The zero-order chi connectivity index (χ0) is 20.5. The fourth-order valence-electron chi connectivity index (χ4n) is 3.56. The van der Waals surface area contributed by atoms with Crippen LogP contribution in [0, 0.1) is 6.92 Å². The van der Waals surface area contributed by atoms with Gasteiger partial charge in [0.2, 0.25) is 11.1 Å². The molecule has 1 amide bonds. The maximum absolute atomic E-state index is 13.1. The average molecular weight is 428 g/mol. The number of hydrogen-bond donors (Lipinski definition) is 1. The van der Waals surface area contributed by atoms with Crippen molar-refractivity contribution < 1.29 is 9.48 Å². The number of thioether (sulfide) groups is 1. The fraction of sp³-hybridized carbons (Fsp3) is 0.333. The van der Waals surface area contributed by atoms with Crippen molar-refractivity contribution in [3.63, 3.8) is 0 Å². The summed E-state index contributed by atoms with van der Waals surface area (Å²) in [6.45, 7) is 5.98. The maximum atomic E-state index is 13.1. The Balaban J connectivity index is 2.03. The second-order valence-electron chi connectivity index (χ2n) is 6.88. The zero-order valence-electron chi connectivity index (χ0n) is 16.6. The van der Waals surface area contributed by atoms with Crippen molar-refractivity contribution in [1.29, 1.82) is 0 Å². The van der Waals surface area contributed by atoms with E-state index in [4.69, 9.17) is 5.10 Å².